The highest BCUT2D eigenvalue weighted by Crippen LogP contribution is 2.44. The maximum absolute atomic E-state index is 13.7. The van der Waals surface area contributed by atoms with E-state index in [0.29, 0.717) is 24.3 Å². The summed E-state index contributed by atoms with van der Waals surface area (Å²) < 4.78 is 119. The van der Waals surface area contributed by atoms with Crippen LogP contribution in [0.1, 0.15) is 22.3 Å². The Hall–Kier alpha value is -3.50. The van der Waals surface area contributed by atoms with Crippen LogP contribution in [0.25, 0.3) is 22.3 Å². The number of carbonyl (C=O) groups is 1. The van der Waals surface area contributed by atoms with Gasteiger partial charge in [0.1, 0.15) is 0 Å². The molecule has 0 atom stereocenters. The van der Waals surface area contributed by atoms with Crippen LogP contribution in [0.3, 0.4) is 0 Å². The molecule has 34 heavy (non-hydrogen) atoms. The minimum Gasteiger partial charge on any atom is -0.481 e. The SMILES string of the molecule is O=C(O)Cc1ccc(-c2ccc(C(F)(F)F)cc2)c(-c2ccc(C(F)(F)F)cc2C(F)(F)F)c1. The molecule has 0 aliphatic carbocycles. The van der Waals surface area contributed by atoms with E-state index in [9.17, 15) is 44.3 Å². The van der Waals surface area contributed by atoms with Gasteiger partial charge in [0.2, 0.25) is 0 Å². The molecule has 0 bridgehead atoms. The first-order valence-corrected chi connectivity index (χ1v) is 9.38. The van der Waals surface area contributed by atoms with Gasteiger partial charge >= 0.3 is 24.5 Å². The van der Waals surface area contributed by atoms with Crippen molar-refractivity contribution in [2.75, 3.05) is 0 Å². The summed E-state index contributed by atoms with van der Waals surface area (Å²) in [4.78, 5) is 11.1. The van der Waals surface area contributed by atoms with Gasteiger partial charge in [-0.05, 0) is 58.1 Å². The zero-order valence-electron chi connectivity index (χ0n) is 16.7. The van der Waals surface area contributed by atoms with Crippen molar-refractivity contribution in [3.8, 4) is 22.3 Å². The number of rotatable bonds is 4. The second-order valence-corrected chi connectivity index (χ2v) is 7.28. The van der Waals surface area contributed by atoms with Crippen LogP contribution >= 0.6 is 0 Å². The molecule has 0 spiro atoms. The molecule has 2 nitrogen and oxygen atoms in total. The van der Waals surface area contributed by atoms with E-state index in [-0.39, 0.29) is 28.3 Å². The van der Waals surface area contributed by atoms with Gasteiger partial charge in [0.05, 0.1) is 23.1 Å². The summed E-state index contributed by atoms with van der Waals surface area (Å²) in [5.74, 6) is -1.31. The lowest BCUT2D eigenvalue weighted by Crippen LogP contribution is -2.12. The van der Waals surface area contributed by atoms with Crippen LogP contribution in [0.2, 0.25) is 0 Å². The Labute approximate surface area is 186 Å². The van der Waals surface area contributed by atoms with E-state index in [1.54, 1.807) is 0 Å². The quantitative estimate of drug-likeness (QED) is 0.379. The van der Waals surface area contributed by atoms with Crippen LogP contribution < -0.4 is 0 Å². The molecule has 1 N–H and O–H groups in total. The van der Waals surface area contributed by atoms with E-state index in [1.807, 2.05) is 0 Å². The Balaban J connectivity index is 2.28. The van der Waals surface area contributed by atoms with Crippen molar-refractivity contribution < 1.29 is 49.4 Å². The molecule has 0 radical (unpaired) electrons. The molecule has 3 rings (SSSR count). The first-order valence-electron chi connectivity index (χ1n) is 9.38. The number of hydrogen-bond acceptors (Lipinski definition) is 1. The number of hydrogen-bond donors (Lipinski definition) is 1. The summed E-state index contributed by atoms with van der Waals surface area (Å²) in [6.07, 6.45) is -15.5. The van der Waals surface area contributed by atoms with Crippen molar-refractivity contribution in [1.29, 1.82) is 0 Å². The molecule has 0 saturated carbocycles. The molecular formula is C23H13F9O2. The second kappa shape index (κ2) is 8.69. The van der Waals surface area contributed by atoms with Gasteiger partial charge in [-0.1, -0.05) is 30.3 Å². The summed E-state index contributed by atoms with van der Waals surface area (Å²) in [7, 11) is 0. The molecule has 0 fully saturated rings. The average Bonchev–Trinajstić information content (AvgIpc) is 2.71. The van der Waals surface area contributed by atoms with Gasteiger partial charge in [0.15, 0.2) is 0 Å². The molecule has 0 heterocycles. The molecule has 0 aromatic heterocycles. The number of alkyl halides is 9. The van der Waals surface area contributed by atoms with E-state index in [2.05, 4.69) is 0 Å². The third kappa shape index (κ3) is 5.52. The van der Waals surface area contributed by atoms with Gasteiger partial charge in [-0.2, -0.15) is 39.5 Å². The first kappa shape index (κ1) is 25.1. The molecule has 3 aromatic rings. The van der Waals surface area contributed by atoms with Crippen LogP contribution in [0.15, 0.2) is 60.7 Å². The summed E-state index contributed by atoms with van der Waals surface area (Å²) in [5.41, 5.74) is -5.05. The largest absolute Gasteiger partial charge is 0.481 e. The Morgan fingerprint density at radius 1 is 0.618 bits per heavy atom. The first-order chi connectivity index (χ1) is 15.6. The zero-order chi connectivity index (χ0) is 25.5. The number of carboxylic acid groups (broad SMARTS) is 1. The van der Waals surface area contributed by atoms with E-state index >= 15 is 0 Å². The number of aliphatic carboxylic acids is 1. The Bertz CT molecular complexity index is 1210. The van der Waals surface area contributed by atoms with Crippen LogP contribution in [0.4, 0.5) is 39.5 Å². The van der Waals surface area contributed by atoms with Crippen molar-refractivity contribution in [1.82, 2.24) is 0 Å². The molecule has 3 aromatic carbocycles. The molecule has 0 aliphatic heterocycles. The second-order valence-electron chi connectivity index (χ2n) is 7.28. The maximum atomic E-state index is 13.7. The number of benzene rings is 3. The predicted octanol–water partition coefficient (Wildman–Crippen LogP) is 7.70. The standard InChI is InChI=1S/C23H13F9O2/c24-21(25,26)14-4-2-13(3-5-14)16-7-1-12(10-20(33)34)9-18(16)17-8-6-15(22(27,28)29)11-19(17)23(30,31)32/h1-9,11H,10H2,(H,33,34). The van der Waals surface area contributed by atoms with Crippen molar-refractivity contribution in [3.63, 3.8) is 0 Å². The van der Waals surface area contributed by atoms with Crippen LogP contribution in [-0.4, -0.2) is 11.1 Å². The summed E-state index contributed by atoms with van der Waals surface area (Å²) in [6.45, 7) is 0. The van der Waals surface area contributed by atoms with E-state index < -0.39 is 53.2 Å². The molecule has 11 heteroatoms. The van der Waals surface area contributed by atoms with Crippen molar-refractivity contribution in [3.05, 3.63) is 82.9 Å². The van der Waals surface area contributed by atoms with E-state index in [1.165, 1.54) is 12.1 Å². The zero-order valence-corrected chi connectivity index (χ0v) is 16.7. The molecule has 180 valence electrons. The summed E-state index contributed by atoms with van der Waals surface area (Å²) in [6, 6.07) is 7.99. The normalized spacial score (nSPS) is 12.6. The third-order valence-electron chi connectivity index (χ3n) is 4.91. The summed E-state index contributed by atoms with van der Waals surface area (Å²) >= 11 is 0. The maximum Gasteiger partial charge on any atom is 0.417 e. The molecular weight excluding hydrogens is 479 g/mol. The highest BCUT2D eigenvalue weighted by molar-refractivity contribution is 5.86. The van der Waals surface area contributed by atoms with Crippen molar-refractivity contribution in [2.24, 2.45) is 0 Å². The molecule has 0 amide bonds. The fourth-order valence-electron chi connectivity index (χ4n) is 3.38. The van der Waals surface area contributed by atoms with Gasteiger partial charge in [0.25, 0.3) is 0 Å². The predicted molar refractivity (Wildman–Crippen MR) is 104 cm³/mol. The average molecular weight is 492 g/mol. The van der Waals surface area contributed by atoms with Gasteiger partial charge in [0, 0.05) is 0 Å². The summed E-state index contributed by atoms with van der Waals surface area (Å²) in [5, 5.41) is 9.02. The molecule has 0 unspecified atom stereocenters. The number of halogens is 9. The minimum absolute atomic E-state index is 0.0203. The Morgan fingerprint density at radius 2 is 1.15 bits per heavy atom. The van der Waals surface area contributed by atoms with Crippen LogP contribution in [0.5, 0.6) is 0 Å². The van der Waals surface area contributed by atoms with Crippen molar-refractivity contribution >= 4 is 5.97 Å². The fraction of sp³-hybridized carbons (Fsp3) is 0.174. The minimum atomic E-state index is -5.21. The van der Waals surface area contributed by atoms with Crippen LogP contribution in [-0.2, 0) is 29.7 Å². The fourth-order valence-corrected chi connectivity index (χ4v) is 3.38. The van der Waals surface area contributed by atoms with Crippen LogP contribution in [0, 0.1) is 0 Å². The Kier molecular flexibility index (Phi) is 6.43. The molecule has 0 aliphatic rings. The topological polar surface area (TPSA) is 37.3 Å². The van der Waals surface area contributed by atoms with E-state index in [4.69, 9.17) is 5.11 Å². The smallest absolute Gasteiger partial charge is 0.417 e. The monoisotopic (exact) mass is 492 g/mol. The number of carboxylic acids is 1. The van der Waals surface area contributed by atoms with Gasteiger partial charge in [-0.25, -0.2) is 0 Å². The van der Waals surface area contributed by atoms with Gasteiger partial charge < -0.3 is 5.11 Å². The lowest BCUT2D eigenvalue weighted by Gasteiger charge is -2.19. The Morgan fingerprint density at radius 3 is 1.65 bits per heavy atom. The van der Waals surface area contributed by atoms with Crippen molar-refractivity contribution in [2.45, 2.75) is 24.9 Å². The third-order valence-corrected chi connectivity index (χ3v) is 4.91. The highest BCUT2D eigenvalue weighted by atomic mass is 19.4. The van der Waals surface area contributed by atoms with Gasteiger partial charge in [-0.15, -0.1) is 0 Å². The van der Waals surface area contributed by atoms with E-state index in [0.717, 1.165) is 18.2 Å². The molecule has 0 saturated heterocycles. The lowest BCUT2D eigenvalue weighted by atomic mass is 9.88. The highest BCUT2D eigenvalue weighted by Gasteiger charge is 2.39. The van der Waals surface area contributed by atoms with Gasteiger partial charge in [-0.3, -0.25) is 4.79 Å². The lowest BCUT2D eigenvalue weighted by molar-refractivity contribution is -0.143.